The Kier molecular flexibility index (Phi) is 5.26. The summed E-state index contributed by atoms with van der Waals surface area (Å²) < 4.78 is 0. The third kappa shape index (κ3) is 4.57. The van der Waals surface area contributed by atoms with Gasteiger partial charge in [0.2, 0.25) is 0 Å². The van der Waals surface area contributed by atoms with Crippen molar-refractivity contribution in [2.45, 2.75) is 25.7 Å². The molecule has 0 aromatic carbocycles. The molecule has 100 valence electrons. The summed E-state index contributed by atoms with van der Waals surface area (Å²) in [7, 11) is 4.54. The van der Waals surface area contributed by atoms with Gasteiger partial charge in [-0.15, -0.1) is 0 Å². The molecule has 17 heavy (non-hydrogen) atoms. The minimum Gasteiger partial charge on any atom is -0.316 e. The molecule has 0 bridgehead atoms. The van der Waals surface area contributed by atoms with Crippen molar-refractivity contribution in [3.8, 4) is 0 Å². The zero-order valence-corrected chi connectivity index (χ0v) is 11.6. The molecule has 0 spiro atoms. The van der Waals surface area contributed by atoms with Crippen LogP contribution in [0.5, 0.6) is 0 Å². The van der Waals surface area contributed by atoms with Crippen molar-refractivity contribution in [3.05, 3.63) is 0 Å². The van der Waals surface area contributed by atoms with Gasteiger partial charge in [-0.3, -0.25) is 0 Å². The molecule has 2 fully saturated rings. The Morgan fingerprint density at radius 2 is 2.18 bits per heavy atom. The van der Waals surface area contributed by atoms with E-state index in [0.29, 0.717) is 0 Å². The Hall–Kier alpha value is -0.120. The van der Waals surface area contributed by atoms with Crippen LogP contribution in [-0.4, -0.2) is 63.2 Å². The van der Waals surface area contributed by atoms with Crippen LogP contribution in [0.1, 0.15) is 25.7 Å². The van der Waals surface area contributed by atoms with Gasteiger partial charge >= 0.3 is 0 Å². The maximum Gasteiger partial charge on any atom is 0.00193 e. The molecule has 2 aliphatic rings. The molecule has 0 aromatic rings. The molecule has 0 radical (unpaired) electrons. The van der Waals surface area contributed by atoms with Gasteiger partial charge < -0.3 is 15.1 Å². The smallest absolute Gasteiger partial charge is 0.00193 e. The first-order valence-corrected chi connectivity index (χ1v) is 7.32. The summed E-state index contributed by atoms with van der Waals surface area (Å²) in [6.07, 6.45) is 5.59. The van der Waals surface area contributed by atoms with Gasteiger partial charge in [-0.25, -0.2) is 0 Å². The van der Waals surface area contributed by atoms with Crippen molar-refractivity contribution < 1.29 is 0 Å². The van der Waals surface area contributed by atoms with Crippen LogP contribution >= 0.6 is 0 Å². The summed E-state index contributed by atoms with van der Waals surface area (Å²) in [5.41, 5.74) is 0. The SMILES string of the molecule is CN(CCC1CCCNC1)CC1CCN(C)C1. The molecule has 2 saturated heterocycles. The zero-order valence-electron chi connectivity index (χ0n) is 11.6. The highest BCUT2D eigenvalue weighted by Crippen LogP contribution is 2.17. The molecule has 2 aliphatic heterocycles. The summed E-state index contributed by atoms with van der Waals surface area (Å²) in [5.74, 6) is 1.84. The van der Waals surface area contributed by atoms with Crippen LogP contribution in [0.4, 0.5) is 0 Å². The summed E-state index contributed by atoms with van der Waals surface area (Å²) >= 11 is 0. The van der Waals surface area contributed by atoms with E-state index < -0.39 is 0 Å². The van der Waals surface area contributed by atoms with Crippen LogP contribution in [-0.2, 0) is 0 Å². The van der Waals surface area contributed by atoms with Gasteiger partial charge in [0, 0.05) is 13.1 Å². The van der Waals surface area contributed by atoms with Crippen molar-refractivity contribution in [2.75, 3.05) is 53.4 Å². The second kappa shape index (κ2) is 6.72. The summed E-state index contributed by atoms with van der Waals surface area (Å²) in [5, 5.41) is 3.51. The van der Waals surface area contributed by atoms with E-state index >= 15 is 0 Å². The molecular weight excluding hydrogens is 210 g/mol. The highest BCUT2D eigenvalue weighted by atomic mass is 15.1. The van der Waals surface area contributed by atoms with Crippen molar-refractivity contribution in [3.63, 3.8) is 0 Å². The van der Waals surface area contributed by atoms with Crippen molar-refractivity contribution in [1.82, 2.24) is 15.1 Å². The average Bonchev–Trinajstić information content (AvgIpc) is 2.73. The monoisotopic (exact) mass is 239 g/mol. The van der Waals surface area contributed by atoms with E-state index in [4.69, 9.17) is 0 Å². The van der Waals surface area contributed by atoms with E-state index in [9.17, 15) is 0 Å². The zero-order chi connectivity index (χ0) is 12.1. The van der Waals surface area contributed by atoms with E-state index in [-0.39, 0.29) is 0 Å². The van der Waals surface area contributed by atoms with Crippen LogP contribution in [0.25, 0.3) is 0 Å². The number of nitrogens with one attached hydrogen (secondary N) is 1. The van der Waals surface area contributed by atoms with Crippen LogP contribution in [0, 0.1) is 11.8 Å². The van der Waals surface area contributed by atoms with E-state index in [0.717, 1.165) is 11.8 Å². The van der Waals surface area contributed by atoms with Gasteiger partial charge in [0.1, 0.15) is 0 Å². The quantitative estimate of drug-likeness (QED) is 0.779. The lowest BCUT2D eigenvalue weighted by Gasteiger charge is -2.26. The number of hydrogen-bond donors (Lipinski definition) is 1. The highest BCUT2D eigenvalue weighted by molar-refractivity contribution is 4.76. The van der Waals surface area contributed by atoms with E-state index in [2.05, 4.69) is 29.2 Å². The normalized spacial score (nSPS) is 31.2. The predicted octanol–water partition coefficient (Wildman–Crippen LogP) is 1.26. The van der Waals surface area contributed by atoms with Crippen LogP contribution in [0.3, 0.4) is 0 Å². The average molecular weight is 239 g/mol. The summed E-state index contributed by atoms with van der Waals surface area (Å²) in [4.78, 5) is 5.02. The molecule has 2 atom stereocenters. The largest absolute Gasteiger partial charge is 0.316 e. The van der Waals surface area contributed by atoms with Crippen LogP contribution in [0.15, 0.2) is 0 Å². The number of nitrogens with zero attached hydrogens (tertiary/aromatic N) is 2. The fourth-order valence-corrected chi connectivity index (χ4v) is 3.28. The Morgan fingerprint density at radius 1 is 1.29 bits per heavy atom. The van der Waals surface area contributed by atoms with Crippen LogP contribution < -0.4 is 5.32 Å². The van der Waals surface area contributed by atoms with Gasteiger partial charge in [-0.05, 0) is 77.8 Å². The molecule has 3 heteroatoms. The maximum atomic E-state index is 3.51. The van der Waals surface area contributed by atoms with Crippen LogP contribution in [0.2, 0.25) is 0 Å². The fourth-order valence-electron chi connectivity index (χ4n) is 3.28. The molecule has 1 N–H and O–H groups in total. The molecule has 3 nitrogen and oxygen atoms in total. The Labute approximate surface area is 107 Å². The topological polar surface area (TPSA) is 18.5 Å². The number of hydrogen-bond acceptors (Lipinski definition) is 3. The molecule has 0 aliphatic carbocycles. The number of piperidine rings is 1. The van der Waals surface area contributed by atoms with E-state index in [1.54, 1.807) is 0 Å². The summed E-state index contributed by atoms with van der Waals surface area (Å²) in [6.45, 7) is 7.66. The fraction of sp³-hybridized carbons (Fsp3) is 1.00. The predicted molar refractivity (Wildman–Crippen MR) is 73.3 cm³/mol. The third-order valence-corrected chi connectivity index (χ3v) is 4.38. The first-order chi connectivity index (χ1) is 8.24. The van der Waals surface area contributed by atoms with Crippen molar-refractivity contribution in [2.24, 2.45) is 11.8 Å². The van der Waals surface area contributed by atoms with Crippen molar-refractivity contribution >= 4 is 0 Å². The number of rotatable bonds is 5. The highest BCUT2D eigenvalue weighted by Gasteiger charge is 2.21. The lowest BCUT2D eigenvalue weighted by atomic mass is 9.96. The summed E-state index contributed by atoms with van der Waals surface area (Å²) in [6, 6.07) is 0. The van der Waals surface area contributed by atoms with Crippen molar-refractivity contribution in [1.29, 1.82) is 0 Å². The molecular formula is C14H29N3. The Balaban J connectivity index is 1.58. The van der Waals surface area contributed by atoms with E-state index in [1.165, 1.54) is 65.0 Å². The second-order valence-electron chi connectivity index (χ2n) is 6.18. The Bertz CT molecular complexity index is 214. The molecule has 2 unspecified atom stereocenters. The second-order valence-corrected chi connectivity index (χ2v) is 6.18. The first-order valence-electron chi connectivity index (χ1n) is 7.32. The minimum atomic E-state index is 0.912. The van der Waals surface area contributed by atoms with Gasteiger partial charge in [-0.1, -0.05) is 0 Å². The minimum absolute atomic E-state index is 0.912. The van der Waals surface area contributed by atoms with Gasteiger partial charge in [0.25, 0.3) is 0 Å². The lowest BCUT2D eigenvalue weighted by Crippen LogP contribution is -2.34. The molecule has 0 aromatic heterocycles. The Morgan fingerprint density at radius 3 is 2.82 bits per heavy atom. The first kappa shape index (κ1) is 13.3. The van der Waals surface area contributed by atoms with Gasteiger partial charge in [-0.2, -0.15) is 0 Å². The molecule has 2 heterocycles. The molecule has 0 saturated carbocycles. The van der Waals surface area contributed by atoms with E-state index in [1.807, 2.05) is 0 Å². The molecule has 2 rings (SSSR count). The third-order valence-electron chi connectivity index (χ3n) is 4.38. The lowest BCUT2D eigenvalue weighted by molar-refractivity contribution is 0.241. The maximum absolute atomic E-state index is 3.51. The van der Waals surface area contributed by atoms with Gasteiger partial charge in [0.05, 0.1) is 0 Å². The van der Waals surface area contributed by atoms with Gasteiger partial charge in [0.15, 0.2) is 0 Å². The number of likely N-dealkylation sites (tertiary alicyclic amines) is 1. The molecule has 0 amide bonds. The standard InChI is InChI=1S/C14H29N3/c1-16(11-14-6-9-17(2)12-14)8-5-13-4-3-7-15-10-13/h13-15H,3-12H2,1-2H3.